The van der Waals surface area contributed by atoms with E-state index in [1.54, 1.807) is 6.07 Å². The average molecular weight is 333 g/mol. The van der Waals surface area contributed by atoms with Gasteiger partial charge in [-0.05, 0) is 43.9 Å². The molecule has 6 heteroatoms. The van der Waals surface area contributed by atoms with Gasteiger partial charge in [0.2, 0.25) is 0 Å². The van der Waals surface area contributed by atoms with Crippen LogP contribution in [-0.2, 0) is 9.59 Å². The molecule has 1 atom stereocenters. The summed E-state index contributed by atoms with van der Waals surface area (Å²) in [7, 11) is 1.54. The van der Waals surface area contributed by atoms with Gasteiger partial charge in [-0.3, -0.25) is 4.79 Å². The number of methoxy groups -OCH3 is 1. The lowest BCUT2D eigenvalue weighted by atomic mass is 10.0. The van der Waals surface area contributed by atoms with Crippen molar-refractivity contribution in [1.29, 1.82) is 0 Å². The molecule has 1 heterocycles. The molecule has 130 valence electrons. The highest BCUT2D eigenvalue weighted by Crippen LogP contribution is 2.29. The first kappa shape index (κ1) is 17.8. The van der Waals surface area contributed by atoms with Crippen LogP contribution in [0.4, 0.5) is 0 Å². The number of aliphatic carboxylic acids is 1. The molecule has 1 aliphatic heterocycles. The van der Waals surface area contributed by atoms with Crippen molar-refractivity contribution in [2.75, 3.05) is 20.3 Å². The number of allylic oxidation sites excluding steroid dienone is 1. The van der Waals surface area contributed by atoms with Gasteiger partial charge >= 0.3 is 5.97 Å². The van der Waals surface area contributed by atoms with E-state index in [-0.39, 0.29) is 12.5 Å². The highest BCUT2D eigenvalue weighted by atomic mass is 16.5. The second kappa shape index (κ2) is 8.38. The first-order valence-electron chi connectivity index (χ1n) is 8.02. The molecule has 2 rings (SSSR count). The molecule has 0 aliphatic carbocycles. The van der Waals surface area contributed by atoms with E-state index in [0.29, 0.717) is 24.5 Å². The van der Waals surface area contributed by atoms with Gasteiger partial charge in [0.25, 0.3) is 5.91 Å². The van der Waals surface area contributed by atoms with E-state index in [4.69, 9.17) is 9.47 Å². The third-order valence-electron chi connectivity index (χ3n) is 4.01. The first-order chi connectivity index (χ1) is 11.6. The molecule has 24 heavy (non-hydrogen) atoms. The van der Waals surface area contributed by atoms with Crippen molar-refractivity contribution in [3.8, 4) is 11.5 Å². The number of likely N-dealkylation sites (tertiary alicyclic amines) is 1. The van der Waals surface area contributed by atoms with Crippen LogP contribution >= 0.6 is 0 Å². The van der Waals surface area contributed by atoms with Crippen molar-refractivity contribution < 1.29 is 24.2 Å². The first-order valence-corrected chi connectivity index (χ1v) is 8.02. The molecule has 1 N–H and O–H groups in total. The van der Waals surface area contributed by atoms with Crippen LogP contribution in [0, 0.1) is 0 Å². The maximum atomic E-state index is 12.3. The second-order valence-electron chi connectivity index (χ2n) is 5.64. The standard InChI is InChI=1S/C18H23NO5/c1-3-6-13-8-9-15(16(11-13)23-2)24-12-17(20)19-10-5-4-7-14(19)18(21)22/h3,6,8-9,11,14H,4-5,7,10,12H2,1-2H3,(H,21,22)/b6-3+. The molecule has 1 fully saturated rings. The zero-order valence-corrected chi connectivity index (χ0v) is 14.0. The minimum absolute atomic E-state index is 0.205. The Morgan fingerprint density at radius 3 is 2.79 bits per heavy atom. The number of rotatable bonds is 6. The number of hydrogen-bond donors (Lipinski definition) is 1. The van der Waals surface area contributed by atoms with Crippen LogP contribution in [0.15, 0.2) is 24.3 Å². The Labute approximate surface area is 141 Å². The van der Waals surface area contributed by atoms with Gasteiger partial charge in [-0.15, -0.1) is 0 Å². The molecule has 0 bridgehead atoms. The fraction of sp³-hybridized carbons (Fsp3) is 0.444. The number of carboxylic acids is 1. The Bertz CT molecular complexity index is 626. The van der Waals surface area contributed by atoms with E-state index in [1.165, 1.54) is 12.0 Å². The van der Waals surface area contributed by atoms with Crippen molar-refractivity contribution in [3.63, 3.8) is 0 Å². The van der Waals surface area contributed by atoms with Crippen molar-refractivity contribution in [2.45, 2.75) is 32.2 Å². The van der Waals surface area contributed by atoms with Crippen molar-refractivity contribution in [1.82, 2.24) is 4.90 Å². The fourth-order valence-electron chi connectivity index (χ4n) is 2.81. The van der Waals surface area contributed by atoms with Crippen LogP contribution < -0.4 is 9.47 Å². The third-order valence-corrected chi connectivity index (χ3v) is 4.01. The molecule has 6 nitrogen and oxygen atoms in total. The number of carbonyl (C=O) groups is 2. The lowest BCUT2D eigenvalue weighted by molar-refractivity contribution is -0.152. The molecule has 1 aromatic carbocycles. The summed E-state index contributed by atoms with van der Waals surface area (Å²) in [5.41, 5.74) is 0.968. The Kier molecular flexibility index (Phi) is 6.23. The lowest BCUT2D eigenvalue weighted by Gasteiger charge is -2.32. The Hall–Kier alpha value is -2.50. The Morgan fingerprint density at radius 1 is 1.33 bits per heavy atom. The maximum absolute atomic E-state index is 12.3. The molecular formula is C18H23NO5. The molecular weight excluding hydrogens is 310 g/mol. The van der Waals surface area contributed by atoms with Crippen LogP contribution in [0.1, 0.15) is 31.7 Å². The second-order valence-corrected chi connectivity index (χ2v) is 5.64. The molecule has 0 spiro atoms. The predicted molar refractivity (Wildman–Crippen MR) is 90.2 cm³/mol. The number of carbonyl (C=O) groups excluding carboxylic acids is 1. The minimum atomic E-state index is -0.962. The number of piperidine rings is 1. The average Bonchev–Trinajstić information content (AvgIpc) is 2.60. The van der Waals surface area contributed by atoms with Crippen molar-refractivity contribution in [3.05, 3.63) is 29.8 Å². The number of carboxylic acid groups (broad SMARTS) is 1. The van der Waals surface area contributed by atoms with Gasteiger partial charge in [-0.2, -0.15) is 0 Å². The van der Waals surface area contributed by atoms with Gasteiger partial charge in [0.15, 0.2) is 18.1 Å². The van der Waals surface area contributed by atoms with E-state index < -0.39 is 12.0 Å². The predicted octanol–water partition coefficient (Wildman–Crippen LogP) is 2.57. The van der Waals surface area contributed by atoms with Crippen molar-refractivity contribution >= 4 is 18.0 Å². The molecule has 1 saturated heterocycles. The summed E-state index contributed by atoms with van der Waals surface area (Å²) in [4.78, 5) is 25.0. The number of nitrogens with zero attached hydrogens (tertiary/aromatic N) is 1. The number of benzene rings is 1. The topological polar surface area (TPSA) is 76.1 Å². The minimum Gasteiger partial charge on any atom is -0.493 e. The summed E-state index contributed by atoms with van der Waals surface area (Å²) in [6.45, 7) is 2.17. The summed E-state index contributed by atoms with van der Waals surface area (Å²) in [5.74, 6) is -0.284. The Balaban J connectivity index is 2.04. The highest BCUT2D eigenvalue weighted by Gasteiger charge is 2.32. The number of amides is 1. The third kappa shape index (κ3) is 4.28. The van der Waals surface area contributed by atoms with Gasteiger partial charge in [0.05, 0.1) is 7.11 Å². The molecule has 0 radical (unpaired) electrons. The summed E-state index contributed by atoms with van der Waals surface area (Å²) in [5, 5.41) is 9.24. The van der Waals surface area contributed by atoms with Crippen LogP contribution in [0.3, 0.4) is 0 Å². The molecule has 1 aromatic rings. The van der Waals surface area contributed by atoms with E-state index in [9.17, 15) is 14.7 Å². The van der Waals surface area contributed by atoms with E-state index >= 15 is 0 Å². The normalized spacial score (nSPS) is 17.8. The zero-order chi connectivity index (χ0) is 17.5. The van der Waals surface area contributed by atoms with Crippen LogP contribution in [0.5, 0.6) is 11.5 Å². The SMILES string of the molecule is C/C=C/c1ccc(OCC(=O)N2CCCCC2C(=O)O)c(OC)c1. The summed E-state index contributed by atoms with van der Waals surface area (Å²) < 4.78 is 10.9. The monoisotopic (exact) mass is 333 g/mol. The van der Waals surface area contributed by atoms with Crippen LogP contribution in [-0.4, -0.2) is 48.2 Å². The van der Waals surface area contributed by atoms with Gasteiger partial charge in [0.1, 0.15) is 6.04 Å². The Morgan fingerprint density at radius 2 is 2.12 bits per heavy atom. The number of hydrogen-bond acceptors (Lipinski definition) is 4. The van der Waals surface area contributed by atoms with E-state index in [2.05, 4.69) is 0 Å². The molecule has 0 saturated carbocycles. The summed E-state index contributed by atoms with van der Waals surface area (Å²) in [6, 6.07) is 4.67. The largest absolute Gasteiger partial charge is 0.493 e. The van der Waals surface area contributed by atoms with Crippen molar-refractivity contribution in [2.24, 2.45) is 0 Å². The van der Waals surface area contributed by atoms with Crippen LogP contribution in [0.25, 0.3) is 6.08 Å². The van der Waals surface area contributed by atoms with Gasteiger partial charge in [0, 0.05) is 6.54 Å². The summed E-state index contributed by atoms with van der Waals surface area (Å²) >= 11 is 0. The number of ether oxygens (including phenoxy) is 2. The fourth-order valence-corrected chi connectivity index (χ4v) is 2.81. The lowest BCUT2D eigenvalue weighted by Crippen LogP contribution is -2.49. The zero-order valence-electron chi connectivity index (χ0n) is 14.0. The maximum Gasteiger partial charge on any atom is 0.326 e. The van der Waals surface area contributed by atoms with E-state index in [1.807, 2.05) is 31.2 Å². The molecule has 1 unspecified atom stereocenters. The quantitative estimate of drug-likeness (QED) is 0.866. The molecule has 1 aliphatic rings. The van der Waals surface area contributed by atoms with Gasteiger partial charge < -0.3 is 19.5 Å². The molecule has 1 amide bonds. The smallest absolute Gasteiger partial charge is 0.326 e. The molecule has 0 aromatic heterocycles. The van der Waals surface area contributed by atoms with Gasteiger partial charge in [-0.1, -0.05) is 18.2 Å². The van der Waals surface area contributed by atoms with Crippen LogP contribution in [0.2, 0.25) is 0 Å². The highest BCUT2D eigenvalue weighted by molar-refractivity contribution is 5.84. The van der Waals surface area contributed by atoms with Gasteiger partial charge in [-0.25, -0.2) is 4.79 Å². The summed E-state index contributed by atoms with van der Waals surface area (Å²) in [6.07, 6.45) is 5.98. The van der Waals surface area contributed by atoms with E-state index in [0.717, 1.165) is 18.4 Å².